The molecule has 3 aliphatic carbocycles. The predicted molar refractivity (Wildman–Crippen MR) is 127 cm³/mol. The van der Waals surface area contributed by atoms with Crippen LogP contribution in [-0.2, 0) is 9.53 Å². The Labute approximate surface area is 203 Å². The molecule has 0 bridgehead atoms. The van der Waals surface area contributed by atoms with E-state index < -0.39 is 29.8 Å². The van der Waals surface area contributed by atoms with Crippen molar-refractivity contribution in [2.24, 2.45) is 22.7 Å². The fourth-order valence-electron chi connectivity index (χ4n) is 7.64. The van der Waals surface area contributed by atoms with Gasteiger partial charge in [0.05, 0.1) is 18.8 Å². The van der Waals surface area contributed by atoms with Crippen molar-refractivity contribution in [2.45, 2.75) is 109 Å². The van der Waals surface area contributed by atoms with Gasteiger partial charge in [0.25, 0.3) is 0 Å². The number of ether oxygens (including phenoxy) is 1. The van der Waals surface area contributed by atoms with Crippen LogP contribution in [0.4, 0.5) is 4.79 Å². The first kappa shape index (κ1) is 25.7. The lowest BCUT2D eigenvalue weighted by molar-refractivity contribution is -0.187. The maximum atomic E-state index is 13.0. The van der Waals surface area contributed by atoms with E-state index in [2.05, 4.69) is 12.2 Å². The number of nitrogens with one attached hydrogen (secondary N) is 1. The van der Waals surface area contributed by atoms with Gasteiger partial charge in [0.15, 0.2) is 0 Å². The van der Waals surface area contributed by atoms with Crippen LogP contribution in [-0.4, -0.2) is 76.3 Å². The monoisotopic (exact) mass is 480 g/mol. The molecule has 1 heterocycles. The Morgan fingerprint density at radius 3 is 2.41 bits per heavy atom. The fourth-order valence-corrected chi connectivity index (χ4v) is 7.64. The van der Waals surface area contributed by atoms with Crippen LogP contribution < -0.4 is 5.32 Å². The standard InChI is InChI=1S/C26H44N2O6/c1-25-12-10-22(34-24(33)27-17-6-4-3-5-7-17)26(2,16-29)21(25)9-8-20(31)19(25)14-23(32)28-13-11-18(30)15-28/h17-22,29-31H,3-16H2,1-2H3,(H,27,33). The summed E-state index contributed by atoms with van der Waals surface area (Å²) in [6, 6.07) is 0.166. The SMILES string of the molecule is CC1(CO)C(OC(=O)NC2CCCCC2)CCC2(C)C(CC(=O)N3CCC(O)C3)C(O)CCC12. The molecule has 34 heavy (non-hydrogen) atoms. The molecule has 0 radical (unpaired) electrons. The van der Waals surface area contributed by atoms with Gasteiger partial charge in [-0.3, -0.25) is 4.79 Å². The third-order valence-corrected chi connectivity index (χ3v) is 9.76. The van der Waals surface area contributed by atoms with E-state index in [1.54, 1.807) is 4.90 Å². The number of amides is 2. The number of likely N-dealkylation sites (tertiary alicyclic amines) is 1. The van der Waals surface area contributed by atoms with Crippen LogP contribution in [0, 0.1) is 22.7 Å². The maximum Gasteiger partial charge on any atom is 0.407 e. The number of aliphatic hydroxyl groups is 3. The lowest BCUT2D eigenvalue weighted by Crippen LogP contribution is -2.61. The second-order valence-electron chi connectivity index (χ2n) is 11.9. The highest BCUT2D eigenvalue weighted by molar-refractivity contribution is 5.77. The molecular formula is C26H44N2O6. The molecule has 8 nitrogen and oxygen atoms in total. The molecule has 0 spiro atoms. The smallest absolute Gasteiger partial charge is 0.407 e. The lowest BCUT2D eigenvalue weighted by atomic mass is 9.46. The van der Waals surface area contributed by atoms with Gasteiger partial charge in [-0.25, -0.2) is 4.79 Å². The predicted octanol–water partition coefficient (Wildman–Crippen LogP) is 2.58. The van der Waals surface area contributed by atoms with Gasteiger partial charge in [-0.2, -0.15) is 0 Å². The summed E-state index contributed by atoms with van der Waals surface area (Å²) >= 11 is 0. The Morgan fingerprint density at radius 2 is 1.76 bits per heavy atom. The van der Waals surface area contributed by atoms with Crippen molar-refractivity contribution in [2.75, 3.05) is 19.7 Å². The van der Waals surface area contributed by atoms with Gasteiger partial charge in [-0.1, -0.05) is 33.1 Å². The van der Waals surface area contributed by atoms with E-state index in [1.165, 1.54) is 6.42 Å². The minimum absolute atomic E-state index is 0.0154. The third kappa shape index (κ3) is 4.96. The van der Waals surface area contributed by atoms with Gasteiger partial charge in [-0.15, -0.1) is 0 Å². The Hall–Kier alpha value is -1.38. The molecule has 4 N–H and O–H groups in total. The maximum absolute atomic E-state index is 13.0. The molecule has 7 unspecified atom stereocenters. The number of carbonyl (C=O) groups is 2. The van der Waals surface area contributed by atoms with Crippen molar-refractivity contribution < 1.29 is 29.6 Å². The zero-order chi connectivity index (χ0) is 24.5. The summed E-state index contributed by atoms with van der Waals surface area (Å²) in [5, 5.41) is 34.4. The molecule has 4 fully saturated rings. The van der Waals surface area contributed by atoms with Gasteiger partial charge in [0, 0.05) is 31.0 Å². The molecule has 194 valence electrons. The van der Waals surface area contributed by atoms with E-state index in [0.29, 0.717) is 32.4 Å². The van der Waals surface area contributed by atoms with Crippen molar-refractivity contribution in [3.8, 4) is 0 Å². The average molecular weight is 481 g/mol. The van der Waals surface area contributed by atoms with Crippen molar-refractivity contribution >= 4 is 12.0 Å². The van der Waals surface area contributed by atoms with Crippen LogP contribution in [0.2, 0.25) is 0 Å². The summed E-state index contributed by atoms with van der Waals surface area (Å²) in [4.78, 5) is 27.5. The first-order chi connectivity index (χ1) is 16.2. The minimum atomic E-state index is -0.637. The van der Waals surface area contributed by atoms with E-state index in [-0.39, 0.29) is 42.2 Å². The van der Waals surface area contributed by atoms with E-state index in [1.807, 2.05) is 6.92 Å². The summed E-state index contributed by atoms with van der Waals surface area (Å²) in [6.45, 7) is 4.96. The number of hydrogen-bond acceptors (Lipinski definition) is 6. The minimum Gasteiger partial charge on any atom is -0.446 e. The number of carbonyl (C=O) groups excluding carboxylic acids is 2. The third-order valence-electron chi connectivity index (χ3n) is 9.76. The van der Waals surface area contributed by atoms with Gasteiger partial charge in [0.1, 0.15) is 6.10 Å². The molecule has 4 rings (SSSR count). The number of hydrogen-bond donors (Lipinski definition) is 4. The fraction of sp³-hybridized carbons (Fsp3) is 0.923. The number of β-amino-alcohol motifs (C(OH)–C–C–N with tert-alkyl or cyclic N) is 1. The topological polar surface area (TPSA) is 119 Å². The summed E-state index contributed by atoms with van der Waals surface area (Å²) in [7, 11) is 0. The normalized spacial score (nSPS) is 41.1. The second kappa shape index (κ2) is 10.3. The van der Waals surface area contributed by atoms with E-state index >= 15 is 0 Å². The van der Waals surface area contributed by atoms with Crippen molar-refractivity contribution in [3.63, 3.8) is 0 Å². The molecular weight excluding hydrogens is 436 g/mol. The van der Waals surface area contributed by atoms with Gasteiger partial charge in [-0.05, 0) is 62.2 Å². The van der Waals surface area contributed by atoms with Crippen molar-refractivity contribution in [3.05, 3.63) is 0 Å². The summed E-state index contributed by atoms with van der Waals surface area (Å²) in [5.74, 6) is -0.214. The van der Waals surface area contributed by atoms with Crippen molar-refractivity contribution in [1.82, 2.24) is 10.2 Å². The highest BCUT2D eigenvalue weighted by Gasteiger charge is 2.60. The molecule has 7 atom stereocenters. The molecule has 2 amide bonds. The molecule has 1 aliphatic heterocycles. The average Bonchev–Trinajstić information content (AvgIpc) is 3.25. The lowest BCUT2D eigenvalue weighted by Gasteiger charge is -2.60. The van der Waals surface area contributed by atoms with Crippen LogP contribution in [0.15, 0.2) is 0 Å². The number of rotatable bonds is 5. The molecule has 8 heteroatoms. The highest BCUT2D eigenvalue weighted by Crippen LogP contribution is 2.61. The zero-order valence-electron chi connectivity index (χ0n) is 20.9. The Kier molecular flexibility index (Phi) is 7.80. The largest absolute Gasteiger partial charge is 0.446 e. The van der Waals surface area contributed by atoms with Crippen molar-refractivity contribution in [1.29, 1.82) is 0 Å². The Morgan fingerprint density at radius 1 is 1.03 bits per heavy atom. The van der Waals surface area contributed by atoms with Crippen LogP contribution in [0.5, 0.6) is 0 Å². The number of alkyl carbamates (subject to hydrolysis) is 1. The van der Waals surface area contributed by atoms with Crippen LogP contribution >= 0.6 is 0 Å². The zero-order valence-corrected chi connectivity index (χ0v) is 20.9. The van der Waals surface area contributed by atoms with Gasteiger partial charge >= 0.3 is 6.09 Å². The molecule has 0 aromatic rings. The Balaban J connectivity index is 1.46. The molecule has 4 aliphatic rings. The van der Waals surface area contributed by atoms with E-state index in [9.17, 15) is 24.9 Å². The number of nitrogens with zero attached hydrogens (tertiary/aromatic N) is 1. The quantitative estimate of drug-likeness (QED) is 0.480. The number of fused-ring (bicyclic) bond motifs is 1. The summed E-state index contributed by atoms with van der Waals surface area (Å²) < 4.78 is 5.96. The first-order valence-electron chi connectivity index (χ1n) is 13.4. The summed E-state index contributed by atoms with van der Waals surface area (Å²) in [5.41, 5.74) is -0.981. The molecule has 3 saturated carbocycles. The molecule has 1 saturated heterocycles. The number of aliphatic hydroxyl groups excluding tert-OH is 3. The van der Waals surface area contributed by atoms with E-state index in [0.717, 1.165) is 38.5 Å². The van der Waals surface area contributed by atoms with Crippen LogP contribution in [0.25, 0.3) is 0 Å². The highest BCUT2D eigenvalue weighted by atomic mass is 16.6. The molecule has 0 aromatic heterocycles. The summed E-state index contributed by atoms with van der Waals surface area (Å²) in [6.07, 6.45) is 7.07. The van der Waals surface area contributed by atoms with Crippen LogP contribution in [0.3, 0.4) is 0 Å². The Bertz CT molecular complexity index is 743. The van der Waals surface area contributed by atoms with E-state index in [4.69, 9.17) is 4.74 Å². The van der Waals surface area contributed by atoms with Crippen LogP contribution in [0.1, 0.15) is 84.5 Å². The first-order valence-corrected chi connectivity index (χ1v) is 13.4. The molecule has 0 aromatic carbocycles. The second-order valence-corrected chi connectivity index (χ2v) is 11.9. The van der Waals surface area contributed by atoms with Gasteiger partial charge < -0.3 is 30.3 Å². The van der Waals surface area contributed by atoms with Gasteiger partial charge in [0.2, 0.25) is 5.91 Å².